The SMILES string of the molecule is Cc1cccc(-c2nnc(-c3ccc(C(=O)Nn4cnc5ccccc54)cc3)o2)c1. The highest BCUT2D eigenvalue weighted by Crippen LogP contribution is 2.24. The summed E-state index contributed by atoms with van der Waals surface area (Å²) >= 11 is 0. The molecule has 1 amide bonds. The summed E-state index contributed by atoms with van der Waals surface area (Å²) in [4.78, 5) is 16.9. The quantitative estimate of drug-likeness (QED) is 0.486. The number of aromatic nitrogens is 4. The average Bonchev–Trinajstić information content (AvgIpc) is 3.42. The third kappa shape index (κ3) is 3.33. The predicted octanol–water partition coefficient (Wildman–Crippen LogP) is 4.45. The number of nitrogens with one attached hydrogen (secondary N) is 1. The minimum Gasteiger partial charge on any atom is -0.416 e. The van der Waals surface area contributed by atoms with Gasteiger partial charge in [0.05, 0.1) is 11.0 Å². The molecule has 0 saturated heterocycles. The first kappa shape index (κ1) is 17.8. The third-order valence-electron chi connectivity index (χ3n) is 4.76. The molecular weight excluding hydrogens is 378 g/mol. The molecule has 0 saturated carbocycles. The van der Waals surface area contributed by atoms with E-state index in [0.29, 0.717) is 17.3 Å². The molecule has 146 valence electrons. The molecule has 2 aromatic heterocycles. The number of amides is 1. The molecule has 7 nitrogen and oxygen atoms in total. The Bertz CT molecular complexity index is 1350. The van der Waals surface area contributed by atoms with Gasteiger partial charge in [-0.25, -0.2) is 9.66 Å². The van der Waals surface area contributed by atoms with E-state index in [-0.39, 0.29) is 5.91 Å². The van der Waals surface area contributed by atoms with Gasteiger partial charge in [-0.05, 0) is 55.5 Å². The molecule has 0 aliphatic rings. The van der Waals surface area contributed by atoms with Crippen molar-refractivity contribution in [2.24, 2.45) is 0 Å². The number of para-hydroxylation sites is 2. The van der Waals surface area contributed by atoms with Crippen LogP contribution in [0.15, 0.2) is 83.5 Å². The van der Waals surface area contributed by atoms with Gasteiger partial charge in [-0.2, -0.15) is 0 Å². The molecule has 5 aromatic rings. The molecule has 0 aliphatic heterocycles. The van der Waals surface area contributed by atoms with Crippen LogP contribution in [0.4, 0.5) is 0 Å². The van der Waals surface area contributed by atoms with Crippen LogP contribution in [0.1, 0.15) is 15.9 Å². The van der Waals surface area contributed by atoms with Gasteiger partial charge >= 0.3 is 0 Å². The van der Waals surface area contributed by atoms with E-state index >= 15 is 0 Å². The van der Waals surface area contributed by atoms with Crippen LogP contribution in [0.3, 0.4) is 0 Å². The molecule has 30 heavy (non-hydrogen) atoms. The molecule has 0 bridgehead atoms. The first-order chi connectivity index (χ1) is 14.7. The lowest BCUT2D eigenvalue weighted by Crippen LogP contribution is -2.21. The number of carbonyl (C=O) groups excluding carboxylic acids is 1. The van der Waals surface area contributed by atoms with Crippen LogP contribution in [-0.4, -0.2) is 25.8 Å². The van der Waals surface area contributed by atoms with Crippen molar-refractivity contribution in [3.8, 4) is 22.9 Å². The Kier molecular flexibility index (Phi) is 4.33. The van der Waals surface area contributed by atoms with Crippen LogP contribution in [-0.2, 0) is 0 Å². The summed E-state index contributed by atoms with van der Waals surface area (Å²) in [7, 11) is 0. The Labute approximate surface area is 172 Å². The van der Waals surface area contributed by atoms with Crippen LogP contribution in [0.2, 0.25) is 0 Å². The monoisotopic (exact) mass is 395 g/mol. The molecule has 0 spiro atoms. The van der Waals surface area contributed by atoms with E-state index in [1.807, 2.05) is 55.5 Å². The number of rotatable bonds is 4. The fourth-order valence-electron chi connectivity index (χ4n) is 3.22. The number of nitrogens with zero attached hydrogens (tertiary/aromatic N) is 4. The van der Waals surface area contributed by atoms with Gasteiger partial charge in [-0.3, -0.25) is 10.2 Å². The predicted molar refractivity (Wildman–Crippen MR) is 113 cm³/mol. The van der Waals surface area contributed by atoms with Crippen molar-refractivity contribution in [2.75, 3.05) is 5.43 Å². The van der Waals surface area contributed by atoms with E-state index < -0.39 is 0 Å². The van der Waals surface area contributed by atoms with Crippen molar-refractivity contribution < 1.29 is 9.21 Å². The van der Waals surface area contributed by atoms with E-state index in [1.165, 1.54) is 0 Å². The zero-order valence-electron chi connectivity index (χ0n) is 16.1. The van der Waals surface area contributed by atoms with E-state index in [1.54, 1.807) is 35.3 Å². The largest absolute Gasteiger partial charge is 0.416 e. The van der Waals surface area contributed by atoms with Gasteiger partial charge in [0.15, 0.2) is 0 Å². The minimum absolute atomic E-state index is 0.240. The summed E-state index contributed by atoms with van der Waals surface area (Å²) in [6.45, 7) is 2.01. The summed E-state index contributed by atoms with van der Waals surface area (Å²) < 4.78 is 7.42. The van der Waals surface area contributed by atoms with Crippen molar-refractivity contribution in [2.45, 2.75) is 6.92 Å². The summed E-state index contributed by atoms with van der Waals surface area (Å²) in [5, 5.41) is 8.27. The van der Waals surface area contributed by atoms with Gasteiger partial charge in [0, 0.05) is 16.7 Å². The van der Waals surface area contributed by atoms with E-state index in [4.69, 9.17) is 4.42 Å². The second kappa shape index (κ2) is 7.29. The number of aryl methyl sites for hydroxylation is 1. The van der Waals surface area contributed by atoms with Gasteiger partial charge in [0.25, 0.3) is 5.91 Å². The average molecular weight is 395 g/mol. The molecule has 5 rings (SSSR count). The van der Waals surface area contributed by atoms with Crippen molar-refractivity contribution in [3.63, 3.8) is 0 Å². The van der Waals surface area contributed by atoms with Crippen molar-refractivity contribution in [1.82, 2.24) is 19.9 Å². The van der Waals surface area contributed by atoms with Gasteiger partial charge in [-0.15, -0.1) is 10.2 Å². The Morgan fingerprint density at radius 3 is 2.47 bits per heavy atom. The third-order valence-corrected chi connectivity index (χ3v) is 4.76. The van der Waals surface area contributed by atoms with E-state index in [9.17, 15) is 4.79 Å². The highest BCUT2D eigenvalue weighted by atomic mass is 16.4. The topological polar surface area (TPSA) is 85.8 Å². The van der Waals surface area contributed by atoms with Crippen LogP contribution < -0.4 is 5.43 Å². The second-order valence-electron chi connectivity index (χ2n) is 6.90. The number of carbonyl (C=O) groups is 1. The number of hydrogen-bond donors (Lipinski definition) is 1. The number of imidazole rings is 1. The molecule has 0 atom stereocenters. The maximum Gasteiger partial charge on any atom is 0.270 e. The second-order valence-corrected chi connectivity index (χ2v) is 6.90. The van der Waals surface area contributed by atoms with Crippen LogP contribution >= 0.6 is 0 Å². The fraction of sp³-hybridized carbons (Fsp3) is 0.0435. The lowest BCUT2D eigenvalue weighted by molar-refractivity contribution is 0.101. The molecule has 3 aromatic carbocycles. The molecule has 0 fully saturated rings. The minimum atomic E-state index is -0.240. The number of hydrogen-bond acceptors (Lipinski definition) is 5. The molecule has 0 radical (unpaired) electrons. The van der Waals surface area contributed by atoms with Crippen LogP contribution in [0.5, 0.6) is 0 Å². The fourth-order valence-corrected chi connectivity index (χ4v) is 3.22. The molecule has 0 unspecified atom stereocenters. The van der Waals surface area contributed by atoms with Crippen molar-refractivity contribution >= 4 is 16.9 Å². The van der Waals surface area contributed by atoms with Crippen LogP contribution in [0, 0.1) is 6.92 Å². The van der Waals surface area contributed by atoms with Crippen molar-refractivity contribution in [3.05, 3.63) is 90.3 Å². The van der Waals surface area contributed by atoms with E-state index in [0.717, 1.165) is 27.7 Å². The zero-order valence-corrected chi connectivity index (χ0v) is 16.1. The van der Waals surface area contributed by atoms with E-state index in [2.05, 4.69) is 20.6 Å². The summed E-state index contributed by atoms with van der Waals surface area (Å²) in [6, 6.07) is 22.5. The molecule has 7 heteroatoms. The van der Waals surface area contributed by atoms with Gasteiger partial charge < -0.3 is 4.42 Å². The Hall–Kier alpha value is -4.26. The van der Waals surface area contributed by atoms with Gasteiger partial charge in [0.1, 0.15) is 6.33 Å². The Morgan fingerprint density at radius 1 is 0.900 bits per heavy atom. The van der Waals surface area contributed by atoms with Crippen LogP contribution in [0.25, 0.3) is 33.9 Å². The zero-order chi connectivity index (χ0) is 20.5. The molecule has 0 aliphatic carbocycles. The molecular formula is C23H17N5O2. The van der Waals surface area contributed by atoms with Gasteiger partial charge in [0.2, 0.25) is 11.8 Å². The summed E-state index contributed by atoms with van der Waals surface area (Å²) in [5.74, 6) is 0.622. The standard InChI is InChI=1S/C23H17N5O2/c1-15-5-4-6-18(13-15)23-26-25-22(30-23)17-11-9-16(10-12-17)21(29)27-28-14-24-19-7-2-3-8-20(19)28/h2-14H,1H3,(H,27,29). The maximum atomic E-state index is 12.6. The lowest BCUT2D eigenvalue weighted by atomic mass is 10.1. The van der Waals surface area contributed by atoms with Crippen molar-refractivity contribution in [1.29, 1.82) is 0 Å². The smallest absolute Gasteiger partial charge is 0.270 e. The maximum absolute atomic E-state index is 12.6. The summed E-state index contributed by atoms with van der Waals surface area (Å²) in [5.41, 5.74) is 7.72. The number of fused-ring (bicyclic) bond motifs is 1. The lowest BCUT2D eigenvalue weighted by Gasteiger charge is -2.07. The highest BCUT2D eigenvalue weighted by molar-refractivity contribution is 6.01. The molecule has 2 heterocycles. The normalized spacial score (nSPS) is 11.0. The van der Waals surface area contributed by atoms with Gasteiger partial charge in [-0.1, -0.05) is 29.8 Å². The first-order valence-electron chi connectivity index (χ1n) is 9.42. The Morgan fingerprint density at radius 2 is 1.67 bits per heavy atom. The highest BCUT2D eigenvalue weighted by Gasteiger charge is 2.13. The first-order valence-corrected chi connectivity index (χ1v) is 9.42. The Balaban J connectivity index is 1.35. The number of benzene rings is 3. The molecule has 1 N–H and O–H groups in total. The summed E-state index contributed by atoms with van der Waals surface area (Å²) in [6.07, 6.45) is 1.59.